The summed E-state index contributed by atoms with van der Waals surface area (Å²) >= 11 is 0. The fourth-order valence-electron chi connectivity index (χ4n) is 2.92. The van der Waals surface area contributed by atoms with Gasteiger partial charge in [-0.3, -0.25) is 10.0 Å². The predicted octanol–water partition coefficient (Wildman–Crippen LogP) is 2.74. The van der Waals surface area contributed by atoms with Crippen LogP contribution in [0.2, 0.25) is 0 Å². The molecule has 140 valence electrons. The molecule has 6 nitrogen and oxygen atoms in total. The van der Waals surface area contributed by atoms with Gasteiger partial charge in [-0.1, -0.05) is 42.5 Å². The van der Waals surface area contributed by atoms with Crippen molar-refractivity contribution in [3.63, 3.8) is 0 Å². The number of nitrogens with one attached hydrogen (secondary N) is 1. The molecule has 0 spiro atoms. The van der Waals surface area contributed by atoms with E-state index in [9.17, 15) is 13.2 Å². The van der Waals surface area contributed by atoms with E-state index in [1.54, 1.807) is 6.07 Å². The maximum absolute atomic E-state index is 13.0. The molecule has 0 radical (unpaired) electrons. The first-order valence-electron chi connectivity index (χ1n) is 8.25. The summed E-state index contributed by atoms with van der Waals surface area (Å²) in [4.78, 5) is 12.1. The third-order valence-corrected chi connectivity index (χ3v) is 6.46. The lowest BCUT2D eigenvalue weighted by atomic mass is 10.0. The van der Waals surface area contributed by atoms with Crippen molar-refractivity contribution in [2.45, 2.75) is 16.6 Å². The topological polar surface area (TPSA) is 92.7 Å². The monoisotopic (exact) mass is 385 g/mol. The molecule has 0 heterocycles. The summed E-state index contributed by atoms with van der Waals surface area (Å²) < 4.78 is 31.0. The number of carbonyl (C=O) groups is 1. The molecule has 0 aliphatic carbocycles. The molecule has 2 N–H and O–H groups in total. The number of rotatable bonds is 6. The fourth-order valence-corrected chi connectivity index (χ4v) is 4.52. The van der Waals surface area contributed by atoms with Gasteiger partial charge >= 0.3 is 0 Å². The lowest BCUT2D eigenvalue weighted by Crippen LogP contribution is -2.40. The van der Waals surface area contributed by atoms with Gasteiger partial charge in [0.1, 0.15) is 5.75 Å². The molecule has 1 atom stereocenters. The van der Waals surface area contributed by atoms with Crippen molar-refractivity contribution in [1.82, 2.24) is 5.48 Å². The van der Waals surface area contributed by atoms with Crippen LogP contribution in [0.15, 0.2) is 71.6 Å². The fraction of sp³-hybridized carbons (Fsp3) is 0.150. The Balaban J connectivity index is 1.97. The van der Waals surface area contributed by atoms with Crippen molar-refractivity contribution in [2.75, 3.05) is 7.11 Å². The van der Waals surface area contributed by atoms with Gasteiger partial charge in [-0.05, 0) is 47.0 Å². The van der Waals surface area contributed by atoms with Gasteiger partial charge in [-0.15, -0.1) is 0 Å². The summed E-state index contributed by atoms with van der Waals surface area (Å²) in [5.74, 6) is -0.467. The van der Waals surface area contributed by atoms with Crippen LogP contribution < -0.4 is 10.2 Å². The summed E-state index contributed by atoms with van der Waals surface area (Å²) in [5, 5.41) is 9.56. The van der Waals surface area contributed by atoms with Crippen molar-refractivity contribution >= 4 is 26.5 Å². The molecule has 0 fully saturated rings. The average molecular weight is 385 g/mol. The highest BCUT2D eigenvalue weighted by Crippen LogP contribution is 2.24. The smallest absolute Gasteiger partial charge is 0.262 e. The second-order valence-electron chi connectivity index (χ2n) is 6.07. The molecular formula is C20H19NO5S. The quantitative estimate of drug-likeness (QED) is 0.503. The number of fused-ring (bicyclic) bond motifs is 1. The predicted molar refractivity (Wildman–Crippen MR) is 102 cm³/mol. The van der Waals surface area contributed by atoms with Crippen LogP contribution in [0.3, 0.4) is 0 Å². The van der Waals surface area contributed by atoms with Crippen LogP contribution in [-0.4, -0.2) is 31.9 Å². The van der Waals surface area contributed by atoms with Crippen molar-refractivity contribution in [2.24, 2.45) is 0 Å². The molecular weight excluding hydrogens is 366 g/mol. The van der Waals surface area contributed by atoms with Gasteiger partial charge in [0, 0.05) is 0 Å². The van der Waals surface area contributed by atoms with E-state index in [0.29, 0.717) is 11.3 Å². The van der Waals surface area contributed by atoms with Gasteiger partial charge in [0.05, 0.1) is 12.0 Å². The highest BCUT2D eigenvalue weighted by Gasteiger charge is 2.34. The average Bonchev–Trinajstić information content (AvgIpc) is 2.71. The minimum Gasteiger partial charge on any atom is -0.497 e. The Morgan fingerprint density at radius 3 is 2.33 bits per heavy atom. The second kappa shape index (κ2) is 7.77. The number of amides is 1. The molecule has 0 aliphatic heterocycles. The lowest BCUT2D eigenvalue weighted by molar-refractivity contribution is -0.128. The zero-order valence-corrected chi connectivity index (χ0v) is 15.4. The van der Waals surface area contributed by atoms with Crippen LogP contribution in [-0.2, 0) is 21.1 Å². The Bertz CT molecular complexity index is 1060. The van der Waals surface area contributed by atoms with Crippen LogP contribution in [0.4, 0.5) is 0 Å². The zero-order valence-electron chi connectivity index (χ0n) is 14.6. The molecule has 0 bridgehead atoms. The number of sulfone groups is 1. The lowest BCUT2D eigenvalue weighted by Gasteiger charge is -2.16. The summed E-state index contributed by atoms with van der Waals surface area (Å²) in [6.07, 6.45) is -0.0639. The van der Waals surface area contributed by atoms with Crippen LogP contribution in [0.5, 0.6) is 5.75 Å². The molecule has 1 amide bonds. The summed E-state index contributed by atoms with van der Waals surface area (Å²) in [5.41, 5.74) is 2.16. The van der Waals surface area contributed by atoms with E-state index >= 15 is 0 Å². The Hall–Kier alpha value is -2.90. The van der Waals surface area contributed by atoms with Crippen molar-refractivity contribution in [3.8, 4) is 5.75 Å². The molecule has 3 rings (SSSR count). The van der Waals surface area contributed by atoms with E-state index in [2.05, 4.69) is 0 Å². The van der Waals surface area contributed by atoms with Crippen molar-refractivity contribution in [3.05, 3.63) is 72.3 Å². The van der Waals surface area contributed by atoms with E-state index in [0.717, 1.165) is 10.8 Å². The Labute approximate surface area is 157 Å². The number of methoxy groups -OCH3 is 1. The minimum atomic E-state index is -4.02. The standard InChI is InChI=1S/C20H19NO5S/c1-26-17-8-10-18(11-9-17)27(24,25)19(20(22)21-23)13-14-6-7-15-4-2-3-5-16(15)12-14/h2-12,19,23H,13H2,1H3,(H,21,22). The molecule has 1 unspecified atom stereocenters. The molecule has 0 saturated carbocycles. The highest BCUT2D eigenvalue weighted by molar-refractivity contribution is 7.92. The van der Waals surface area contributed by atoms with Gasteiger partial charge in [-0.2, -0.15) is 0 Å². The van der Waals surface area contributed by atoms with Crippen molar-refractivity contribution in [1.29, 1.82) is 0 Å². The maximum Gasteiger partial charge on any atom is 0.262 e. The van der Waals surface area contributed by atoms with Gasteiger partial charge < -0.3 is 4.74 Å². The SMILES string of the molecule is COc1ccc(S(=O)(=O)C(Cc2ccc3ccccc3c2)C(=O)NO)cc1. The summed E-state index contributed by atoms with van der Waals surface area (Å²) in [7, 11) is -2.54. The number of hydrogen-bond acceptors (Lipinski definition) is 5. The molecule has 3 aromatic carbocycles. The van der Waals surface area contributed by atoms with Crippen LogP contribution in [0, 0.1) is 0 Å². The number of hydrogen-bond donors (Lipinski definition) is 2. The van der Waals surface area contributed by atoms with Crippen LogP contribution >= 0.6 is 0 Å². The first-order chi connectivity index (χ1) is 13.0. The van der Waals surface area contributed by atoms with Gasteiger partial charge in [0.2, 0.25) is 0 Å². The first kappa shape index (κ1) is 18.9. The molecule has 7 heteroatoms. The number of carbonyl (C=O) groups excluding carboxylic acids is 1. The largest absolute Gasteiger partial charge is 0.497 e. The van der Waals surface area contributed by atoms with Crippen LogP contribution in [0.1, 0.15) is 5.56 Å². The van der Waals surface area contributed by atoms with Gasteiger partial charge in [0.25, 0.3) is 5.91 Å². The van der Waals surface area contributed by atoms with E-state index in [1.807, 2.05) is 36.4 Å². The third-order valence-electron chi connectivity index (χ3n) is 4.40. The molecule has 0 saturated heterocycles. The third kappa shape index (κ3) is 3.94. The Morgan fingerprint density at radius 2 is 1.70 bits per heavy atom. The summed E-state index contributed by atoms with van der Waals surface area (Å²) in [6.45, 7) is 0. The van der Waals surface area contributed by atoms with Gasteiger partial charge in [-0.25, -0.2) is 13.9 Å². The highest BCUT2D eigenvalue weighted by atomic mass is 32.2. The molecule has 27 heavy (non-hydrogen) atoms. The number of ether oxygens (including phenoxy) is 1. The van der Waals surface area contributed by atoms with E-state index < -0.39 is 21.0 Å². The Kier molecular flexibility index (Phi) is 5.43. The van der Waals surface area contributed by atoms with Crippen LogP contribution in [0.25, 0.3) is 10.8 Å². The van der Waals surface area contributed by atoms with E-state index in [-0.39, 0.29) is 11.3 Å². The molecule has 0 aromatic heterocycles. The maximum atomic E-state index is 13.0. The second-order valence-corrected chi connectivity index (χ2v) is 8.20. The Morgan fingerprint density at radius 1 is 1.04 bits per heavy atom. The van der Waals surface area contributed by atoms with E-state index in [1.165, 1.54) is 36.9 Å². The molecule has 0 aliphatic rings. The van der Waals surface area contributed by atoms with E-state index in [4.69, 9.17) is 9.94 Å². The van der Waals surface area contributed by atoms with Gasteiger partial charge in [0.15, 0.2) is 15.1 Å². The number of benzene rings is 3. The van der Waals surface area contributed by atoms with Crippen molar-refractivity contribution < 1.29 is 23.2 Å². The normalized spacial score (nSPS) is 12.5. The number of hydroxylamine groups is 1. The minimum absolute atomic E-state index is 0.0160. The summed E-state index contributed by atoms with van der Waals surface area (Å²) in [6, 6.07) is 18.9. The first-order valence-corrected chi connectivity index (χ1v) is 9.80. The molecule has 3 aromatic rings. The zero-order chi connectivity index (χ0) is 19.4.